The first-order valence-corrected chi connectivity index (χ1v) is 6.46. The minimum atomic E-state index is -0.401. The van der Waals surface area contributed by atoms with E-state index < -0.39 is 5.82 Å². The first-order chi connectivity index (χ1) is 10.2. The first-order valence-electron chi connectivity index (χ1n) is 6.46. The van der Waals surface area contributed by atoms with Crippen LogP contribution in [0.3, 0.4) is 0 Å². The number of hydrogen-bond acceptors (Lipinski definition) is 3. The second-order valence-corrected chi connectivity index (χ2v) is 4.33. The summed E-state index contributed by atoms with van der Waals surface area (Å²) in [6, 6.07) is 13.1. The summed E-state index contributed by atoms with van der Waals surface area (Å²) >= 11 is 0. The van der Waals surface area contributed by atoms with Gasteiger partial charge in [-0.05, 0) is 18.2 Å². The molecular formula is C16H16FNO3. The Balaban J connectivity index is 1.82. The molecule has 110 valence electrons. The van der Waals surface area contributed by atoms with Gasteiger partial charge in [0.2, 0.25) is 0 Å². The van der Waals surface area contributed by atoms with Crippen LogP contribution in [0.15, 0.2) is 48.5 Å². The van der Waals surface area contributed by atoms with Crippen molar-refractivity contribution >= 4 is 5.91 Å². The van der Waals surface area contributed by atoms with Crippen LogP contribution < -0.4 is 14.8 Å². The summed E-state index contributed by atoms with van der Waals surface area (Å²) in [5.74, 6) is 0.346. The van der Waals surface area contributed by atoms with Gasteiger partial charge in [-0.1, -0.05) is 24.3 Å². The molecule has 21 heavy (non-hydrogen) atoms. The number of nitrogens with one attached hydrogen (secondary N) is 1. The number of rotatable bonds is 6. The molecule has 0 heterocycles. The van der Waals surface area contributed by atoms with Crippen LogP contribution in [0.25, 0.3) is 0 Å². The zero-order valence-corrected chi connectivity index (χ0v) is 11.6. The van der Waals surface area contributed by atoms with Gasteiger partial charge in [0.1, 0.15) is 17.3 Å². The summed E-state index contributed by atoms with van der Waals surface area (Å²) in [6.45, 7) is 0.175. The third kappa shape index (κ3) is 4.49. The Morgan fingerprint density at radius 3 is 2.76 bits per heavy atom. The van der Waals surface area contributed by atoms with Crippen molar-refractivity contribution in [2.45, 2.75) is 6.54 Å². The molecule has 0 saturated heterocycles. The second-order valence-electron chi connectivity index (χ2n) is 4.33. The number of methoxy groups -OCH3 is 1. The Hall–Kier alpha value is -2.56. The fourth-order valence-corrected chi connectivity index (χ4v) is 1.80. The number of hydrogen-bond donors (Lipinski definition) is 1. The molecule has 0 saturated carbocycles. The lowest BCUT2D eigenvalue weighted by molar-refractivity contribution is -0.123. The molecule has 0 aliphatic heterocycles. The number of carbonyl (C=O) groups excluding carboxylic acids is 1. The van der Waals surface area contributed by atoms with E-state index in [1.54, 1.807) is 13.2 Å². The maximum atomic E-state index is 12.9. The molecule has 2 aromatic carbocycles. The quantitative estimate of drug-likeness (QED) is 0.889. The highest BCUT2D eigenvalue weighted by atomic mass is 19.1. The van der Waals surface area contributed by atoms with Gasteiger partial charge in [-0.3, -0.25) is 4.79 Å². The van der Waals surface area contributed by atoms with Gasteiger partial charge in [0, 0.05) is 18.2 Å². The summed E-state index contributed by atoms with van der Waals surface area (Å²) < 4.78 is 23.4. The lowest BCUT2D eigenvalue weighted by Gasteiger charge is -2.10. The van der Waals surface area contributed by atoms with Crippen LogP contribution in [0.1, 0.15) is 5.56 Å². The molecule has 2 rings (SSSR count). The van der Waals surface area contributed by atoms with Gasteiger partial charge in [-0.25, -0.2) is 4.39 Å². The highest BCUT2D eigenvalue weighted by Crippen LogP contribution is 2.16. The van der Waals surface area contributed by atoms with E-state index in [1.807, 2.05) is 24.3 Å². The Morgan fingerprint density at radius 1 is 1.19 bits per heavy atom. The SMILES string of the molecule is COc1ccccc1CNC(=O)COc1cccc(F)c1. The van der Waals surface area contributed by atoms with Gasteiger partial charge < -0.3 is 14.8 Å². The van der Waals surface area contributed by atoms with Gasteiger partial charge in [-0.15, -0.1) is 0 Å². The zero-order chi connectivity index (χ0) is 15.1. The predicted octanol–water partition coefficient (Wildman–Crippen LogP) is 2.53. The second kappa shape index (κ2) is 7.28. The molecule has 4 nitrogen and oxygen atoms in total. The Bertz CT molecular complexity index is 616. The lowest BCUT2D eigenvalue weighted by atomic mass is 10.2. The van der Waals surface area contributed by atoms with Crippen LogP contribution in [-0.2, 0) is 11.3 Å². The maximum absolute atomic E-state index is 12.9. The van der Waals surface area contributed by atoms with Crippen molar-refractivity contribution in [3.8, 4) is 11.5 Å². The molecule has 1 N–H and O–H groups in total. The highest BCUT2D eigenvalue weighted by molar-refractivity contribution is 5.77. The average Bonchev–Trinajstić information content (AvgIpc) is 2.51. The highest BCUT2D eigenvalue weighted by Gasteiger charge is 2.06. The zero-order valence-electron chi connectivity index (χ0n) is 11.6. The number of para-hydroxylation sites is 1. The van der Waals surface area contributed by atoms with Crippen LogP contribution in [0.2, 0.25) is 0 Å². The van der Waals surface area contributed by atoms with Crippen LogP contribution in [0, 0.1) is 5.82 Å². The fourth-order valence-electron chi connectivity index (χ4n) is 1.80. The number of amides is 1. The molecule has 0 fully saturated rings. The fraction of sp³-hybridized carbons (Fsp3) is 0.188. The molecule has 0 bridgehead atoms. The monoisotopic (exact) mass is 289 g/mol. The summed E-state index contributed by atoms with van der Waals surface area (Å²) in [7, 11) is 1.58. The molecule has 0 aromatic heterocycles. The Kier molecular flexibility index (Phi) is 5.15. The molecule has 5 heteroatoms. The van der Waals surface area contributed by atoms with Crippen molar-refractivity contribution in [2.75, 3.05) is 13.7 Å². The van der Waals surface area contributed by atoms with E-state index in [1.165, 1.54) is 18.2 Å². The summed E-state index contributed by atoms with van der Waals surface area (Å²) in [5.41, 5.74) is 0.874. The van der Waals surface area contributed by atoms with Crippen LogP contribution >= 0.6 is 0 Å². The van der Waals surface area contributed by atoms with Crippen molar-refractivity contribution in [1.82, 2.24) is 5.32 Å². The average molecular weight is 289 g/mol. The third-order valence-electron chi connectivity index (χ3n) is 2.83. The third-order valence-corrected chi connectivity index (χ3v) is 2.83. The van der Waals surface area contributed by atoms with Crippen molar-refractivity contribution in [1.29, 1.82) is 0 Å². The van der Waals surface area contributed by atoms with Gasteiger partial charge in [0.15, 0.2) is 6.61 Å². The summed E-state index contributed by atoms with van der Waals surface area (Å²) in [5, 5.41) is 2.72. The molecule has 0 atom stereocenters. The smallest absolute Gasteiger partial charge is 0.258 e. The largest absolute Gasteiger partial charge is 0.496 e. The normalized spacial score (nSPS) is 10.0. The van der Waals surface area contributed by atoms with Gasteiger partial charge in [0.25, 0.3) is 5.91 Å². The minimum absolute atomic E-state index is 0.168. The number of carbonyl (C=O) groups is 1. The van der Waals surface area contributed by atoms with E-state index in [4.69, 9.17) is 9.47 Å². The van der Waals surface area contributed by atoms with E-state index in [9.17, 15) is 9.18 Å². The predicted molar refractivity (Wildman–Crippen MR) is 76.7 cm³/mol. The topological polar surface area (TPSA) is 47.6 Å². The standard InChI is InChI=1S/C16H16FNO3/c1-20-15-8-3-2-5-12(15)10-18-16(19)11-21-14-7-4-6-13(17)9-14/h2-9H,10-11H2,1H3,(H,18,19). The van der Waals surface area contributed by atoms with Crippen molar-refractivity contribution in [3.05, 3.63) is 59.9 Å². The van der Waals surface area contributed by atoms with Crippen molar-refractivity contribution in [2.24, 2.45) is 0 Å². The van der Waals surface area contributed by atoms with E-state index in [0.29, 0.717) is 18.0 Å². The van der Waals surface area contributed by atoms with E-state index in [2.05, 4.69) is 5.32 Å². The summed E-state index contributed by atoms with van der Waals surface area (Å²) in [4.78, 5) is 11.7. The maximum Gasteiger partial charge on any atom is 0.258 e. The van der Waals surface area contributed by atoms with Crippen LogP contribution in [-0.4, -0.2) is 19.6 Å². The van der Waals surface area contributed by atoms with Crippen molar-refractivity contribution < 1.29 is 18.7 Å². The number of halogens is 1. The molecule has 1 amide bonds. The number of ether oxygens (including phenoxy) is 2. The molecule has 0 aliphatic carbocycles. The van der Waals surface area contributed by atoms with E-state index in [0.717, 1.165) is 5.56 Å². The number of benzene rings is 2. The summed E-state index contributed by atoms with van der Waals surface area (Å²) in [6.07, 6.45) is 0. The van der Waals surface area contributed by atoms with Gasteiger partial charge in [0.05, 0.1) is 7.11 Å². The first kappa shape index (κ1) is 14.8. The van der Waals surface area contributed by atoms with Crippen LogP contribution in [0.4, 0.5) is 4.39 Å². The van der Waals surface area contributed by atoms with Crippen LogP contribution in [0.5, 0.6) is 11.5 Å². The van der Waals surface area contributed by atoms with Gasteiger partial charge in [-0.2, -0.15) is 0 Å². The van der Waals surface area contributed by atoms with Crippen molar-refractivity contribution in [3.63, 3.8) is 0 Å². The lowest BCUT2D eigenvalue weighted by Crippen LogP contribution is -2.28. The molecule has 2 aromatic rings. The van der Waals surface area contributed by atoms with E-state index >= 15 is 0 Å². The molecule has 0 aliphatic rings. The molecular weight excluding hydrogens is 273 g/mol. The molecule has 0 radical (unpaired) electrons. The van der Waals surface area contributed by atoms with Gasteiger partial charge >= 0.3 is 0 Å². The minimum Gasteiger partial charge on any atom is -0.496 e. The molecule has 0 spiro atoms. The van der Waals surface area contributed by atoms with E-state index in [-0.39, 0.29) is 12.5 Å². The Labute approximate surface area is 122 Å². The molecule has 0 unspecified atom stereocenters. The Morgan fingerprint density at radius 2 is 2.00 bits per heavy atom.